The summed E-state index contributed by atoms with van der Waals surface area (Å²) in [5.41, 5.74) is 1.59. The zero-order valence-electron chi connectivity index (χ0n) is 14.6. The van der Waals surface area contributed by atoms with Gasteiger partial charge in [-0.05, 0) is 54.8 Å². The zero-order valence-corrected chi connectivity index (χ0v) is 16.2. The number of aryl methyl sites for hydroxylation is 1. The van der Waals surface area contributed by atoms with Crippen molar-refractivity contribution in [1.29, 1.82) is 0 Å². The zero-order chi connectivity index (χ0) is 18.8. The van der Waals surface area contributed by atoms with Crippen LogP contribution in [0.2, 0.25) is 5.28 Å². The van der Waals surface area contributed by atoms with Crippen LogP contribution in [-0.4, -0.2) is 34.7 Å². The van der Waals surface area contributed by atoms with E-state index in [0.29, 0.717) is 22.1 Å². The first-order valence-corrected chi connectivity index (χ1v) is 9.28. The minimum atomic E-state index is -0.360. The van der Waals surface area contributed by atoms with Crippen LogP contribution < -0.4 is 4.90 Å². The van der Waals surface area contributed by atoms with Crippen molar-refractivity contribution in [2.24, 2.45) is 0 Å². The number of carbonyl (C=O) groups excluding carboxylic acids is 1. The van der Waals surface area contributed by atoms with Gasteiger partial charge in [0.2, 0.25) is 5.28 Å². The normalized spacial score (nSPS) is 10.9. The number of hydrogen-bond donors (Lipinski definition) is 1. The molecule has 0 fully saturated rings. The molecule has 8 heteroatoms. The summed E-state index contributed by atoms with van der Waals surface area (Å²) in [4.78, 5) is 23.9. The molecule has 2 heterocycles. The van der Waals surface area contributed by atoms with E-state index in [2.05, 4.69) is 9.97 Å². The summed E-state index contributed by atoms with van der Waals surface area (Å²) in [5, 5.41) is 10.4. The van der Waals surface area contributed by atoms with Crippen molar-refractivity contribution in [3.05, 3.63) is 40.0 Å². The number of hydrogen-bond acceptors (Lipinski definition) is 7. The molecule has 0 spiro atoms. The van der Waals surface area contributed by atoms with Crippen LogP contribution in [0.5, 0.6) is 5.75 Å². The van der Waals surface area contributed by atoms with E-state index >= 15 is 0 Å². The molecule has 6 nitrogen and oxygen atoms in total. The Balaban J connectivity index is 2.11. The number of nitrogens with zero attached hydrogens (tertiary/aromatic N) is 3. The van der Waals surface area contributed by atoms with Crippen molar-refractivity contribution in [3.63, 3.8) is 0 Å². The average molecular weight is 392 g/mol. The van der Waals surface area contributed by atoms with Gasteiger partial charge in [-0.15, -0.1) is 11.3 Å². The Bertz CT molecular complexity index is 956. The lowest BCUT2D eigenvalue weighted by atomic mass is 10.2. The Morgan fingerprint density at radius 1 is 1.31 bits per heavy atom. The third-order valence-electron chi connectivity index (χ3n) is 3.92. The fraction of sp³-hybridized carbons (Fsp3) is 0.278. The third-order valence-corrected chi connectivity index (χ3v) is 5.26. The van der Waals surface area contributed by atoms with Gasteiger partial charge in [0.25, 0.3) is 0 Å². The van der Waals surface area contributed by atoms with E-state index in [1.807, 2.05) is 25.8 Å². The molecule has 1 N–H and O–H groups in total. The molecule has 26 heavy (non-hydrogen) atoms. The summed E-state index contributed by atoms with van der Waals surface area (Å²) < 4.78 is 5.26. The largest absolute Gasteiger partial charge is 0.508 e. The summed E-state index contributed by atoms with van der Waals surface area (Å²) >= 11 is 7.36. The number of anilines is 2. The number of aromatic hydroxyl groups is 1. The summed E-state index contributed by atoms with van der Waals surface area (Å²) in [6.45, 7) is 4.17. The molecule has 2 aromatic heterocycles. The molecular weight excluding hydrogens is 374 g/mol. The fourth-order valence-electron chi connectivity index (χ4n) is 2.59. The van der Waals surface area contributed by atoms with Crippen molar-refractivity contribution >= 4 is 50.6 Å². The monoisotopic (exact) mass is 391 g/mol. The minimum absolute atomic E-state index is 0.104. The molecule has 1 aromatic carbocycles. The van der Waals surface area contributed by atoms with Crippen LogP contribution >= 0.6 is 22.9 Å². The number of phenols is 1. The van der Waals surface area contributed by atoms with Gasteiger partial charge in [-0.1, -0.05) is 6.92 Å². The van der Waals surface area contributed by atoms with Crippen LogP contribution in [0.4, 0.5) is 11.5 Å². The smallest absolute Gasteiger partial charge is 0.348 e. The molecular formula is C18H18ClN3O3S. The number of carbonyl (C=O) groups is 1. The third kappa shape index (κ3) is 3.45. The van der Waals surface area contributed by atoms with E-state index in [4.69, 9.17) is 16.3 Å². The molecule has 0 aliphatic heterocycles. The van der Waals surface area contributed by atoms with Gasteiger partial charge < -0.3 is 14.7 Å². The molecule has 0 aliphatic carbocycles. The Morgan fingerprint density at radius 3 is 2.65 bits per heavy atom. The van der Waals surface area contributed by atoms with E-state index in [-0.39, 0.29) is 17.0 Å². The molecule has 0 unspecified atom stereocenters. The summed E-state index contributed by atoms with van der Waals surface area (Å²) in [5.74, 6) is 0.413. The van der Waals surface area contributed by atoms with Crippen molar-refractivity contribution in [3.8, 4) is 5.75 Å². The van der Waals surface area contributed by atoms with E-state index in [1.165, 1.54) is 11.3 Å². The van der Waals surface area contributed by atoms with Crippen molar-refractivity contribution < 1.29 is 14.6 Å². The van der Waals surface area contributed by atoms with E-state index < -0.39 is 0 Å². The predicted octanol–water partition coefficient (Wildman–Crippen LogP) is 4.69. The topological polar surface area (TPSA) is 75.5 Å². The number of aromatic nitrogens is 2. The fourth-order valence-corrected chi connectivity index (χ4v) is 3.87. The van der Waals surface area contributed by atoms with E-state index in [9.17, 15) is 9.90 Å². The molecule has 0 bridgehead atoms. The lowest BCUT2D eigenvalue weighted by molar-refractivity contribution is 0.0510. The average Bonchev–Trinajstić information content (AvgIpc) is 2.95. The predicted molar refractivity (Wildman–Crippen MR) is 104 cm³/mol. The first-order valence-electron chi connectivity index (χ1n) is 8.09. The van der Waals surface area contributed by atoms with Crippen molar-refractivity contribution in [2.45, 2.75) is 20.3 Å². The Hall–Kier alpha value is -2.38. The first-order chi connectivity index (χ1) is 12.4. The lowest BCUT2D eigenvalue weighted by Crippen LogP contribution is -2.12. The molecule has 0 radical (unpaired) electrons. The van der Waals surface area contributed by atoms with Gasteiger partial charge in [-0.2, -0.15) is 4.98 Å². The highest BCUT2D eigenvalue weighted by molar-refractivity contribution is 7.20. The van der Waals surface area contributed by atoms with Crippen molar-refractivity contribution in [2.75, 3.05) is 18.6 Å². The number of benzene rings is 1. The molecule has 3 rings (SSSR count). The second-order valence-electron chi connectivity index (χ2n) is 5.76. The van der Waals surface area contributed by atoms with Crippen LogP contribution in [-0.2, 0) is 4.74 Å². The van der Waals surface area contributed by atoms with Gasteiger partial charge in [0.1, 0.15) is 21.3 Å². The number of rotatable bonds is 5. The second-order valence-corrected chi connectivity index (χ2v) is 7.10. The molecule has 0 aliphatic rings. The summed E-state index contributed by atoms with van der Waals surface area (Å²) in [6, 6.07) is 6.74. The standard InChI is InChI=1S/C18H18ClN3O3S/c1-4-9-25-17(24)14-10(2)13-15(20-18(19)21-16(13)26-14)22(3)11-5-7-12(23)8-6-11/h5-8,23H,4,9H2,1-3H3. The molecule has 0 amide bonds. The highest BCUT2D eigenvalue weighted by Crippen LogP contribution is 2.38. The van der Waals surface area contributed by atoms with Gasteiger partial charge in [0.15, 0.2) is 0 Å². The Kier molecular flexibility index (Phi) is 5.29. The quantitative estimate of drug-likeness (QED) is 0.502. The maximum atomic E-state index is 12.3. The van der Waals surface area contributed by atoms with Crippen LogP contribution in [0.25, 0.3) is 10.2 Å². The van der Waals surface area contributed by atoms with Crippen molar-refractivity contribution in [1.82, 2.24) is 9.97 Å². The molecule has 0 saturated carbocycles. The Morgan fingerprint density at radius 2 is 2.00 bits per heavy atom. The molecule has 0 saturated heterocycles. The molecule has 3 aromatic rings. The molecule has 136 valence electrons. The number of thiophene rings is 1. The number of phenolic OH excluding ortho intramolecular Hbond substituents is 1. The minimum Gasteiger partial charge on any atom is -0.508 e. The number of halogens is 1. The first kappa shape index (κ1) is 18.4. The number of esters is 1. The van der Waals surface area contributed by atoms with Crippen LogP contribution in [0.3, 0.4) is 0 Å². The van der Waals surface area contributed by atoms with Gasteiger partial charge in [0.05, 0.1) is 12.0 Å². The maximum absolute atomic E-state index is 12.3. The van der Waals surface area contributed by atoms with Gasteiger partial charge in [-0.3, -0.25) is 0 Å². The van der Waals surface area contributed by atoms with Gasteiger partial charge in [0, 0.05) is 12.7 Å². The van der Waals surface area contributed by atoms with E-state index in [0.717, 1.165) is 23.1 Å². The highest BCUT2D eigenvalue weighted by atomic mass is 35.5. The van der Waals surface area contributed by atoms with Crippen LogP contribution in [0, 0.1) is 6.92 Å². The summed E-state index contributed by atoms with van der Waals surface area (Å²) in [7, 11) is 1.84. The van der Waals surface area contributed by atoms with E-state index in [1.54, 1.807) is 24.3 Å². The van der Waals surface area contributed by atoms with Gasteiger partial charge in [-0.25, -0.2) is 9.78 Å². The maximum Gasteiger partial charge on any atom is 0.348 e. The number of ether oxygens (including phenoxy) is 1. The lowest BCUT2D eigenvalue weighted by Gasteiger charge is -2.19. The van der Waals surface area contributed by atoms with Gasteiger partial charge >= 0.3 is 5.97 Å². The van der Waals surface area contributed by atoms with Crippen LogP contribution in [0.1, 0.15) is 28.6 Å². The highest BCUT2D eigenvalue weighted by Gasteiger charge is 2.23. The Labute approximate surface area is 160 Å². The second kappa shape index (κ2) is 7.47. The summed E-state index contributed by atoms with van der Waals surface area (Å²) in [6.07, 6.45) is 0.760. The SMILES string of the molecule is CCCOC(=O)c1sc2nc(Cl)nc(N(C)c3ccc(O)cc3)c2c1C. The number of fused-ring (bicyclic) bond motifs is 1. The molecule has 0 atom stereocenters. The van der Waals surface area contributed by atoms with Crippen LogP contribution in [0.15, 0.2) is 24.3 Å².